The summed E-state index contributed by atoms with van der Waals surface area (Å²) in [6.45, 7) is 1.96. The molecule has 0 unspecified atom stereocenters. The first-order valence-electron chi connectivity index (χ1n) is 6.52. The molecule has 6 heteroatoms. The van der Waals surface area contributed by atoms with Crippen LogP contribution in [0, 0.1) is 6.92 Å². The zero-order chi connectivity index (χ0) is 14.7. The highest BCUT2D eigenvalue weighted by molar-refractivity contribution is 7.15. The number of thiazole rings is 1. The molecule has 0 saturated heterocycles. The SMILES string of the molecule is Cc1cnc(NC(=O)Cc2cnn(-c3ccccc3)c2)s1. The number of carbonyl (C=O) groups excluding carboxylic acids is 1. The first-order valence-corrected chi connectivity index (χ1v) is 7.33. The molecule has 5 nitrogen and oxygen atoms in total. The molecule has 0 aliphatic heterocycles. The molecule has 21 heavy (non-hydrogen) atoms. The zero-order valence-corrected chi connectivity index (χ0v) is 12.3. The van der Waals surface area contributed by atoms with Gasteiger partial charge in [0, 0.05) is 17.3 Å². The summed E-state index contributed by atoms with van der Waals surface area (Å²) >= 11 is 1.46. The quantitative estimate of drug-likeness (QED) is 0.805. The molecule has 0 bridgehead atoms. The average molecular weight is 298 g/mol. The van der Waals surface area contributed by atoms with E-state index in [-0.39, 0.29) is 12.3 Å². The Morgan fingerprint density at radius 3 is 2.81 bits per heavy atom. The fourth-order valence-electron chi connectivity index (χ4n) is 1.93. The van der Waals surface area contributed by atoms with Crippen LogP contribution in [0.5, 0.6) is 0 Å². The highest BCUT2D eigenvalue weighted by Gasteiger charge is 2.08. The predicted molar refractivity (Wildman–Crippen MR) is 82.7 cm³/mol. The van der Waals surface area contributed by atoms with Gasteiger partial charge in [0.25, 0.3) is 0 Å². The van der Waals surface area contributed by atoms with Crippen molar-refractivity contribution in [2.45, 2.75) is 13.3 Å². The van der Waals surface area contributed by atoms with Crippen LogP contribution in [0.1, 0.15) is 10.4 Å². The maximum atomic E-state index is 12.0. The fourth-order valence-corrected chi connectivity index (χ4v) is 2.62. The molecule has 0 aliphatic carbocycles. The van der Waals surface area contributed by atoms with Gasteiger partial charge in [-0.3, -0.25) is 4.79 Å². The number of para-hydroxylation sites is 1. The monoisotopic (exact) mass is 298 g/mol. The van der Waals surface area contributed by atoms with Gasteiger partial charge in [0.05, 0.1) is 18.3 Å². The van der Waals surface area contributed by atoms with Crippen molar-refractivity contribution in [2.24, 2.45) is 0 Å². The van der Waals surface area contributed by atoms with Crippen molar-refractivity contribution in [3.63, 3.8) is 0 Å². The van der Waals surface area contributed by atoms with Gasteiger partial charge in [0.2, 0.25) is 5.91 Å². The molecule has 0 aliphatic rings. The number of aryl methyl sites for hydroxylation is 1. The normalized spacial score (nSPS) is 10.5. The fraction of sp³-hybridized carbons (Fsp3) is 0.133. The molecule has 1 amide bonds. The summed E-state index contributed by atoms with van der Waals surface area (Å²) in [6, 6.07) is 9.80. The number of anilines is 1. The van der Waals surface area contributed by atoms with Gasteiger partial charge < -0.3 is 5.32 Å². The zero-order valence-electron chi connectivity index (χ0n) is 11.5. The number of nitrogens with zero attached hydrogens (tertiary/aromatic N) is 3. The van der Waals surface area contributed by atoms with E-state index in [4.69, 9.17) is 0 Å². The molecule has 0 radical (unpaired) electrons. The number of hydrogen-bond acceptors (Lipinski definition) is 4. The summed E-state index contributed by atoms with van der Waals surface area (Å²) in [6.07, 6.45) is 5.60. The van der Waals surface area contributed by atoms with Crippen LogP contribution < -0.4 is 5.32 Å². The lowest BCUT2D eigenvalue weighted by atomic mass is 10.2. The smallest absolute Gasteiger partial charge is 0.230 e. The van der Waals surface area contributed by atoms with Crippen LogP contribution in [-0.4, -0.2) is 20.7 Å². The third-order valence-electron chi connectivity index (χ3n) is 2.89. The first-order chi connectivity index (χ1) is 10.2. The Morgan fingerprint density at radius 2 is 2.10 bits per heavy atom. The van der Waals surface area contributed by atoms with E-state index in [0.29, 0.717) is 5.13 Å². The van der Waals surface area contributed by atoms with E-state index in [1.165, 1.54) is 11.3 Å². The Labute approximate surface area is 126 Å². The average Bonchev–Trinajstić information content (AvgIpc) is 3.09. The van der Waals surface area contributed by atoms with Crippen molar-refractivity contribution in [1.29, 1.82) is 0 Å². The van der Waals surface area contributed by atoms with Crippen LogP contribution in [0.15, 0.2) is 48.9 Å². The number of hydrogen-bond donors (Lipinski definition) is 1. The summed E-state index contributed by atoms with van der Waals surface area (Å²) in [5.74, 6) is -0.0861. The van der Waals surface area contributed by atoms with Crippen LogP contribution in [0.3, 0.4) is 0 Å². The molecule has 0 atom stereocenters. The Morgan fingerprint density at radius 1 is 1.29 bits per heavy atom. The van der Waals surface area contributed by atoms with Crippen LogP contribution in [-0.2, 0) is 11.2 Å². The summed E-state index contributed by atoms with van der Waals surface area (Å²) in [5.41, 5.74) is 1.84. The molecule has 0 saturated carbocycles. The minimum absolute atomic E-state index is 0.0861. The van der Waals surface area contributed by atoms with Gasteiger partial charge in [-0.2, -0.15) is 5.10 Å². The van der Waals surface area contributed by atoms with Crippen LogP contribution in [0.25, 0.3) is 5.69 Å². The molecule has 2 aromatic heterocycles. The van der Waals surface area contributed by atoms with Crippen molar-refractivity contribution in [2.75, 3.05) is 5.32 Å². The molecular formula is C15H14N4OS. The molecule has 106 valence electrons. The van der Waals surface area contributed by atoms with E-state index < -0.39 is 0 Å². The van der Waals surface area contributed by atoms with Crippen molar-refractivity contribution >= 4 is 22.4 Å². The van der Waals surface area contributed by atoms with E-state index in [1.54, 1.807) is 17.1 Å². The van der Waals surface area contributed by atoms with Gasteiger partial charge >= 0.3 is 0 Å². The third-order valence-corrected chi connectivity index (χ3v) is 3.72. The lowest BCUT2D eigenvalue weighted by molar-refractivity contribution is -0.115. The number of aromatic nitrogens is 3. The topological polar surface area (TPSA) is 59.8 Å². The van der Waals surface area contributed by atoms with Crippen molar-refractivity contribution in [3.8, 4) is 5.69 Å². The number of nitrogens with one attached hydrogen (secondary N) is 1. The van der Waals surface area contributed by atoms with E-state index in [9.17, 15) is 4.79 Å². The molecule has 3 rings (SSSR count). The second kappa shape index (κ2) is 5.88. The molecule has 3 aromatic rings. The Bertz CT molecular complexity index is 748. The summed E-state index contributed by atoms with van der Waals surface area (Å²) < 4.78 is 1.76. The largest absolute Gasteiger partial charge is 0.302 e. The maximum absolute atomic E-state index is 12.0. The molecule has 2 heterocycles. The molecule has 0 fully saturated rings. The van der Waals surface area contributed by atoms with Gasteiger partial charge in [0.1, 0.15) is 0 Å². The Kier molecular flexibility index (Phi) is 3.79. The number of rotatable bonds is 4. The predicted octanol–water partition coefficient (Wildman–Crippen LogP) is 2.82. The van der Waals surface area contributed by atoms with Crippen molar-refractivity contribution in [1.82, 2.24) is 14.8 Å². The highest BCUT2D eigenvalue weighted by atomic mass is 32.1. The van der Waals surface area contributed by atoms with Crippen LogP contribution in [0.4, 0.5) is 5.13 Å². The lowest BCUT2D eigenvalue weighted by Gasteiger charge is -2.00. The Hall–Kier alpha value is -2.47. The van der Waals surface area contributed by atoms with Crippen molar-refractivity contribution < 1.29 is 4.79 Å². The molecular weight excluding hydrogens is 284 g/mol. The minimum atomic E-state index is -0.0861. The van der Waals surface area contributed by atoms with Gasteiger partial charge in [-0.05, 0) is 24.6 Å². The molecule has 1 N–H and O–H groups in total. The number of benzene rings is 1. The second-order valence-electron chi connectivity index (χ2n) is 4.63. The van der Waals surface area contributed by atoms with Gasteiger partial charge in [-0.1, -0.05) is 18.2 Å². The van der Waals surface area contributed by atoms with E-state index in [1.807, 2.05) is 43.5 Å². The maximum Gasteiger partial charge on any atom is 0.230 e. The van der Waals surface area contributed by atoms with E-state index in [0.717, 1.165) is 16.1 Å². The lowest BCUT2D eigenvalue weighted by Crippen LogP contribution is -2.13. The van der Waals surface area contributed by atoms with Gasteiger partial charge in [0.15, 0.2) is 5.13 Å². The summed E-state index contributed by atoms with van der Waals surface area (Å²) in [5, 5.41) is 7.70. The number of amides is 1. The van der Waals surface area contributed by atoms with E-state index in [2.05, 4.69) is 15.4 Å². The Balaban J connectivity index is 1.66. The third kappa shape index (κ3) is 3.35. The highest BCUT2D eigenvalue weighted by Crippen LogP contribution is 2.17. The van der Waals surface area contributed by atoms with E-state index >= 15 is 0 Å². The number of carbonyl (C=O) groups is 1. The van der Waals surface area contributed by atoms with Gasteiger partial charge in [-0.15, -0.1) is 11.3 Å². The summed E-state index contributed by atoms with van der Waals surface area (Å²) in [4.78, 5) is 17.1. The second-order valence-corrected chi connectivity index (χ2v) is 5.86. The van der Waals surface area contributed by atoms with Gasteiger partial charge in [-0.25, -0.2) is 9.67 Å². The molecule has 1 aromatic carbocycles. The standard InChI is InChI=1S/C15H14N4OS/c1-11-8-16-15(21-11)18-14(20)7-12-9-17-19(10-12)13-5-3-2-4-6-13/h2-6,8-10H,7H2,1H3,(H,16,18,20). The molecule has 0 spiro atoms. The first kappa shape index (κ1) is 13.5. The minimum Gasteiger partial charge on any atom is -0.302 e. The summed E-state index contributed by atoms with van der Waals surface area (Å²) in [7, 11) is 0. The van der Waals surface area contributed by atoms with Crippen molar-refractivity contribution in [3.05, 3.63) is 59.4 Å². The van der Waals surface area contributed by atoms with Crippen LogP contribution >= 0.6 is 11.3 Å². The van der Waals surface area contributed by atoms with Crippen LogP contribution in [0.2, 0.25) is 0 Å².